The number of hydrazine groups is 1. The second kappa shape index (κ2) is 10.4. The molecule has 0 aliphatic heterocycles. The lowest BCUT2D eigenvalue weighted by Gasteiger charge is -2.15. The average molecular weight is 387 g/mol. The molecule has 0 radical (unpaired) electrons. The molecule has 142 valence electrons. The minimum atomic E-state index is -0.469. The van der Waals surface area contributed by atoms with Gasteiger partial charge in [-0.2, -0.15) is 0 Å². The van der Waals surface area contributed by atoms with Crippen LogP contribution < -0.4 is 15.6 Å². The van der Waals surface area contributed by atoms with Gasteiger partial charge in [0.15, 0.2) is 6.61 Å². The summed E-state index contributed by atoms with van der Waals surface area (Å²) in [6.07, 6.45) is 3.84. The normalized spacial score (nSPS) is 11.8. The van der Waals surface area contributed by atoms with Gasteiger partial charge in [0.1, 0.15) is 5.75 Å². The van der Waals surface area contributed by atoms with Gasteiger partial charge in [0, 0.05) is 11.1 Å². The van der Waals surface area contributed by atoms with Crippen LogP contribution in [0.1, 0.15) is 37.3 Å². The van der Waals surface area contributed by atoms with E-state index in [-0.39, 0.29) is 6.61 Å². The molecule has 5 nitrogen and oxygen atoms in total. The Balaban J connectivity index is 1.81. The smallest absolute Gasteiger partial charge is 0.276 e. The lowest BCUT2D eigenvalue weighted by Crippen LogP contribution is -2.43. The van der Waals surface area contributed by atoms with E-state index in [0.29, 0.717) is 22.3 Å². The van der Waals surface area contributed by atoms with Gasteiger partial charge in [-0.25, -0.2) is 0 Å². The van der Waals surface area contributed by atoms with Crippen molar-refractivity contribution in [1.29, 1.82) is 0 Å². The van der Waals surface area contributed by atoms with Crippen molar-refractivity contribution in [2.75, 3.05) is 6.61 Å². The average Bonchev–Trinajstić information content (AvgIpc) is 2.69. The molecule has 2 rings (SSSR count). The number of nitrogens with one attached hydrogen (secondary N) is 2. The number of amides is 2. The number of ether oxygens (including phenoxy) is 1. The minimum absolute atomic E-state index is 0.193. The van der Waals surface area contributed by atoms with Gasteiger partial charge in [-0.05, 0) is 41.7 Å². The first kappa shape index (κ1) is 20.5. The molecule has 2 aromatic carbocycles. The summed E-state index contributed by atoms with van der Waals surface area (Å²) in [4.78, 5) is 23.7. The number of rotatable bonds is 7. The summed E-state index contributed by atoms with van der Waals surface area (Å²) in [7, 11) is 0. The van der Waals surface area contributed by atoms with E-state index in [9.17, 15) is 9.59 Å². The molecule has 0 aliphatic rings. The highest BCUT2D eigenvalue weighted by Gasteiger charge is 2.11. The molecule has 27 heavy (non-hydrogen) atoms. The van der Waals surface area contributed by atoms with Crippen LogP contribution in [0.25, 0.3) is 6.08 Å². The van der Waals surface area contributed by atoms with Crippen molar-refractivity contribution in [2.24, 2.45) is 0 Å². The molecule has 0 fully saturated rings. The van der Waals surface area contributed by atoms with E-state index in [1.807, 2.05) is 30.3 Å². The van der Waals surface area contributed by atoms with Crippen molar-refractivity contribution in [3.8, 4) is 5.75 Å². The fourth-order valence-electron chi connectivity index (χ4n) is 2.37. The van der Waals surface area contributed by atoms with Gasteiger partial charge in [0.05, 0.1) is 0 Å². The van der Waals surface area contributed by atoms with Crippen LogP contribution in [0.15, 0.2) is 54.6 Å². The van der Waals surface area contributed by atoms with Crippen molar-refractivity contribution in [3.63, 3.8) is 0 Å². The molecule has 0 saturated carbocycles. The quantitative estimate of drug-likeness (QED) is 0.556. The van der Waals surface area contributed by atoms with Crippen molar-refractivity contribution < 1.29 is 14.3 Å². The van der Waals surface area contributed by atoms with E-state index in [4.69, 9.17) is 16.3 Å². The molecule has 2 amide bonds. The number of carbonyl (C=O) groups excluding carboxylic acids is 2. The third-order valence-corrected chi connectivity index (χ3v) is 4.41. The number of hydrogen-bond donors (Lipinski definition) is 2. The Hall–Kier alpha value is -2.79. The monoisotopic (exact) mass is 386 g/mol. The SMILES string of the molecule is CCC(C)c1ccccc1OCC(=O)NNC(=O)C=Cc1ccccc1Cl. The summed E-state index contributed by atoms with van der Waals surface area (Å²) in [6, 6.07) is 14.8. The van der Waals surface area contributed by atoms with Gasteiger partial charge in [-0.3, -0.25) is 20.4 Å². The van der Waals surface area contributed by atoms with Crippen LogP contribution in [0, 0.1) is 0 Å². The van der Waals surface area contributed by atoms with Crippen LogP contribution in [0.2, 0.25) is 5.02 Å². The van der Waals surface area contributed by atoms with Crippen LogP contribution in [0.4, 0.5) is 0 Å². The number of para-hydroxylation sites is 1. The molecule has 1 atom stereocenters. The summed E-state index contributed by atoms with van der Waals surface area (Å²) in [5.74, 6) is 0.0857. The molecule has 0 bridgehead atoms. The predicted molar refractivity (Wildman–Crippen MR) is 107 cm³/mol. The summed E-state index contributed by atoms with van der Waals surface area (Å²) in [5.41, 5.74) is 6.40. The molecule has 2 N–H and O–H groups in total. The van der Waals surface area contributed by atoms with E-state index in [0.717, 1.165) is 12.0 Å². The second-order valence-corrected chi connectivity index (χ2v) is 6.44. The van der Waals surface area contributed by atoms with E-state index >= 15 is 0 Å². The molecule has 1 unspecified atom stereocenters. The maximum Gasteiger partial charge on any atom is 0.276 e. The van der Waals surface area contributed by atoms with Gasteiger partial charge < -0.3 is 4.74 Å². The largest absolute Gasteiger partial charge is 0.483 e. The van der Waals surface area contributed by atoms with Gasteiger partial charge in [0.25, 0.3) is 11.8 Å². The molecule has 0 aromatic heterocycles. The zero-order valence-electron chi connectivity index (χ0n) is 15.4. The molecule has 0 heterocycles. The maximum atomic E-state index is 11.9. The number of carbonyl (C=O) groups is 2. The molecule has 6 heteroatoms. The highest BCUT2D eigenvalue weighted by atomic mass is 35.5. The summed E-state index contributed by atoms with van der Waals surface area (Å²) < 4.78 is 5.60. The Morgan fingerprint density at radius 2 is 1.81 bits per heavy atom. The lowest BCUT2D eigenvalue weighted by atomic mass is 9.98. The zero-order chi connectivity index (χ0) is 19.6. The van der Waals surface area contributed by atoms with E-state index in [1.165, 1.54) is 6.08 Å². The predicted octanol–water partition coefficient (Wildman–Crippen LogP) is 4.09. The summed E-state index contributed by atoms with van der Waals surface area (Å²) in [5, 5.41) is 0.541. The van der Waals surface area contributed by atoms with Crippen molar-refractivity contribution in [2.45, 2.75) is 26.2 Å². The minimum Gasteiger partial charge on any atom is -0.483 e. The molecule has 0 saturated heterocycles. The number of halogens is 1. The van der Waals surface area contributed by atoms with Gasteiger partial charge in [0.2, 0.25) is 0 Å². The fraction of sp³-hybridized carbons (Fsp3) is 0.238. The van der Waals surface area contributed by atoms with E-state index in [1.54, 1.807) is 24.3 Å². The summed E-state index contributed by atoms with van der Waals surface area (Å²) in [6.45, 7) is 4.01. The van der Waals surface area contributed by atoms with Gasteiger partial charge >= 0.3 is 0 Å². The lowest BCUT2D eigenvalue weighted by molar-refractivity contribution is -0.128. The Bertz CT molecular complexity index is 821. The van der Waals surface area contributed by atoms with Crippen LogP contribution in [-0.2, 0) is 9.59 Å². The summed E-state index contributed by atoms with van der Waals surface area (Å²) >= 11 is 6.01. The molecular weight excluding hydrogens is 364 g/mol. The van der Waals surface area contributed by atoms with E-state index < -0.39 is 11.8 Å². The third-order valence-electron chi connectivity index (χ3n) is 4.07. The van der Waals surface area contributed by atoms with Gasteiger partial charge in [-0.15, -0.1) is 0 Å². The Kier molecular flexibility index (Phi) is 7.89. The maximum absolute atomic E-state index is 11.9. The Labute approximate surface area is 164 Å². The van der Waals surface area contributed by atoms with Crippen LogP contribution in [-0.4, -0.2) is 18.4 Å². The zero-order valence-corrected chi connectivity index (χ0v) is 16.1. The van der Waals surface area contributed by atoms with Crippen molar-refractivity contribution in [1.82, 2.24) is 10.9 Å². The number of hydrogen-bond acceptors (Lipinski definition) is 3. The first-order valence-corrected chi connectivity index (χ1v) is 9.12. The van der Waals surface area contributed by atoms with Crippen molar-refractivity contribution in [3.05, 3.63) is 70.8 Å². The third kappa shape index (κ3) is 6.46. The standard InChI is InChI=1S/C21H23ClN2O3/c1-3-15(2)17-9-5-7-11-19(17)27-14-21(26)24-23-20(25)13-12-16-8-4-6-10-18(16)22/h4-13,15H,3,14H2,1-2H3,(H,23,25)(H,24,26). The van der Waals surface area contributed by atoms with Crippen LogP contribution in [0.3, 0.4) is 0 Å². The number of benzene rings is 2. The van der Waals surface area contributed by atoms with E-state index in [2.05, 4.69) is 24.7 Å². The Morgan fingerprint density at radius 1 is 1.11 bits per heavy atom. The fourth-order valence-corrected chi connectivity index (χ4v) is 2.57. The molecule has 0 aliphatic carbocycles. The first-order chi connectivity index (χ1) is 13.0. The Morgan fingerprint density at radius 3 is 2.56 bits per heavy atom. The second-order valence-electron chi connectivity index (χ2n) is 6.03. The topological polar surface area (TPSA) is 67.4 Å². The van der Waals surface area contributed by atoms with Crippen molar-refractivity contribution >= 4 is 29.5 Å². The molecule has 2 aromatic rings. The molecular formula is C21H23ClN2O3. The highest BCUT2D eigenvalue weighted by molar-refractivity contribution is 6.32. The highest BCUT2D eigenvalue weighted by Crippen LogP contribution is 2.28. The first-order valence-electron chi connectivity index (χ1n) is 8.74. The van der Waals surface area contributed by atoms with Gasteiger partial charge in [-0.1, -0.05) is 61.8 Å². The molecule has 0 spiro atoms. The van der Waals surface area contributed by atoms with Crippen LogP contribution in [0.5, 0.6) is 5.75 Å². The van der Waals surface area contributed by atoms with Crippen LogP contribution >= 0.6 is 11.6 Å².